The number of likely N-dealkylation sites (N-methyl/N-ethyl adjacent to an activating group) is 1. The van der Waals surface area contributed by atoms with E-state index in [4.69, 9.17) is 10.8 Å². The largest absolute Gasteiger partial charge is 0.392 e. The minimum atomic E-state index is 0.111. The molecule has 0 spiro atoms. The van der Waals surface area contributed by atoms with Crippen LogP contribution in [-0.2, 0) is 13.2 Å². The van der Waals surface area contributed by atoms with Crippen molar-refractivity contribution in [2.45, 2.75) is 51.3 Å². The molecule has 1 aromatic rings. The van der Waals surface area contributed by atoms with Crippen LogP contribution in [0.1, 0.15) is 43.7 Å². The highest BCUT2D eigenvalue weighted by molar-refractivity contribution is 5.22. The molecule has 0 aromatic heterocycles. The van der Waals surface area contributed by atoms with Crippen LogP contribution in [0.4, 0.5) is 0 Å². The molecule has 1 fully saturated rings. The van der Waals surface area contributed by atoms with Crippen LogP contribution in [0, 0.1) is 5.92 Å². The summed E-state index contributed by atoms with van der Waals surface area (Å²) in [6.45, 7) is 4.12. The lowest BCUT2D eigenvalue weighted by atomic mass is 9.75. The van der Waals surface area contributed by atoms with Crippen LogP contribution in [0.2, 0.25) is 0 Å². The van der Waals surface area contributed by atoms with Crippen LogP contribution in [0.3, 0.4) is 0 Å². The molecule has 3 nitrogen and oxygen atoms in total. The second-order valence-electron chi connectivity index (χ2n) is 6.46. The first-order valence-electron chi connectivity index (χ1n) is 7.69. The zero-order chi connectivity index (χ0) is 14.6. The Morgan fingerprint density at radius 1 is 1.30 bits per heavy atom. The van der Waals surface area contributed by atoms with E-state index in [1.807, 2.05) is 12.1 Å². The van der Waals surface area contributed by atoms with Crippen LogP contribution in [0.15, 0.2) is 24.3 Å². The Balaban J connectivity index is 2.06. The molecule has 3 heteroatoms. The van der Waals surface area contributed by atoms with Crippen molar-refractivity contribution in [2.24, 2.45) is 11.7 Å². The molecule has 2 atom stereocenters. The van der Waals surface area contributed by atoms with Gasteiger partial charge < -0.3 is 10.8 Å². The average molecular weight is 276 g/mol. The van der Waals surface area contributed by atoms with Crippen molar-refractivity contribution in [1.82, 2.24) is 4.90 Å². The van der Waals surface area contributed by atoms with E-state index >= 15 is 0 Å². The van der Waals surface area contributed by atoms with Crippen molar-refractivity contribution < 1.29 is 5.11 Å². The summed E-state index contributed by atoms with van der Waals surface area (Å²) in [7, 11) is 2.20. The van der Waals surface area contributed by atoms with Gasteiger partial charge in [-0.05, 0) is 36.9 Å². The monoisotopic (exact) mass is 276 g/mol. The molecule has 2 unspecified atom stereocenters. The number of aliphatic hydroxyl groups excluding tert-OH is 1. The summed E-state index contributed by atoms with van der Waals surface area (Å²) in [6.07, 6.45) is 5.03. The highest BCUT2D eigenvalue weighted by Crippen LogP contribution is 2.36. The smallest absolute Gasteiger partial charge is 0.0681 e. The van der Waals surface area contributed by atoms with Crippen molar-refractivity contribution in [1.29, 1.82) is 0 Å². The minimum absolute atomic E-state index is 0.111. The second-order valence-corrected chi connectivity index (χ2v) is 6.46. The van der Waals surface area contributed by atoms with Gasteiger partial charge in [0, 0.05) is 18.6 Å². The minimum Gasteiger partial charge on any atom is -0.392 e. The van der Waals surface area contributed by atoms with Crippen LogP contribution in [-0.4, -0.2) is 29.1 Å². The maximum atomic E-state index is 9.10. The molecular formula is C17H28N2O. The normalized spacial score (nSPS) is 26.9. The maximum absolute atomic E-state index is 9.10. The van der Waals surface area contributed by atoms with Crippen LogP contribution >= 0.6 is 0 Å². The summed E-state index contributed by atoms with van der Waals surface area (Å²) < 4.78 is 0. The van der Waals surface area contributed by atoms with Crippen molar-refractivity contribution in [3.05, 3.63) is 35.4 Å². The highest BCUT2D eigenvalue weighted by atomic mass is 16.3. The summed E-state index contributed by atoms with van der Waals surface area (Å²) in [5, 5.41) is 9.10. The molecule has 1 aliphatic rings. The molecule has 2 rings (SSSR count). The fraction of sp³-hybridized carbons (Fsp3) is 0.647. The number of benzene rings is 1. The van der Waals surface area contributed by atoms with E-state index in [1.165, 1.54) is 31.2 Å². The number of hydrogen-bond donors (Lipinski definition) is 2. The van der Waals surface area contributed by atoms with Gasteiger partial charge >= 0.3 is 0 Å². The molecule has 0 amide bonds. The summed E-state index contributed by atoms with van der Waals surface area (Å²) >= 11 is 0. The van der Waals surface area contributed by atoms with E-state index in [0.717, 1.165) is 24.6 Å². The maximum Gasteiger partial charge on any atom is 0.0681 e. The Morgan fingerprint density at radius 3 is 2.50 bits per heavy atom. The van der Waals surface area contributed by atoms with Crippen molar-refractivity contribution >= 4 is 0 Å². The lowest BCUT2D eigenvalue weighted by Gasteiger charge is -2.46. The molecule has 0 saturated heterocycles. The van der Waals surface area contributed by atoms with Crippen LogP contribution in [0.5, 0.6) is 0 Å². The second kappa shape index (κ2) is 6.70. The van der Waals surface area contributed by atoms with E-state index in [9.17, 15) is 0 Å². The molecular weight excluding hydrogens is 248 g/mol. The number of aliphatic hydroxyl groups is 1. The van der Waals surface area contributed by atoms with Gasteiger partial charge in [-0.25, -0.2) is 0 Å². The van der Waals surface area contributed by atoms with Crippen LogP contribution in [0.25, 0.3) is 0 Å². The zero-order valence-corrected chi connectivity index (χ0v) is 12.8. The summed E-state index contributed by atoms with van der Waals surface area (Å²) in [5.74, 6) is 0.770. The predicted octanol–water partition coefficient (Wildman–Crippen LogP) is 2.52. The number of nitrogens with zero attached hydrogens (tertiary/aromatic N) is 1. The Kier molecular flexibility index (Phi) is 5.19. The third-order valence-corrected chi connectivity index (χ3v) is 4.88. The quantitative estimate of drug-likeness (QED) is 0.869. The average Bonchev–Trinajstić information content (AvgIpc) is 2.47. The van der Waals surface area contributed by atoms with Crippen molar-refractivity contribution in [2.75, 3.05) is 13.6 Å². The van der Waals surface area contributed by atoms with E-state index < -0.39 is 0 Å². The predicted molar refractivity (Wildman–Crippen MR) is 83.2 cm³/mol. The standard InChI is InChI=1S/C17H28N2O/c1-14-4-3-9-17(10-14,13-18)19(2)11-15-5-7-16(12-20)8-6-15/h5-8,14,20H,3-4,9-13,18H2,1-2H3. The van der Waals surface area contributed by atoms with E-state index in [1.54, 1.807) is 0 Å². The van der Waals surface area contributed by atoms with E-state index in [2.05, 4.69) is 31.0 Å². The van der Waals surface area contributed by atoms with E-state index in [-0.39, 0.29) is 12.1 Å². The molecule has 1 saturated carbocycles. The van der Waals surface area contributed by atoms with Crippen molar-refractivity contribution in [3.63, 3.8) is 0 Å². The van der Waals surface area contributed by atoms with Gasteiger partial charge in [0.1, 0.15) is 0 Å². The first-order valence-corrected chi connectivity index (χ1v) is 7.69. The molecule has 112 valence electrons. The number of rotatable bonds is 5. The highest BCUT2D eigenvalue weighted by Gasteiger charge is 2.37. The Bertz CT molecular complexity index is 418. The molecule has 3 N–H and O–H groups in total. The third kappa shape index (κ3) is 3.40. The number of hydrogen-bond acceptors (Lipinski definition) is 3. The van der Waals surface area contributed by atoms with Gasteiger partial charge in [0.25, 0.3) is 0 Å². The van der Waals surface area contributed by atoms with Gasteiger partial charge in [0.05, 0.1) is 6.61 Å². The molecule has 0 radical (unpaired) electrons. The van der Waals surface area contributed by atoms with Gasteiger partial charge in [-0.1, -0.05) is 44.0 Å². The molecule has 0 aliphatic heterocycles. The van der Waals surface area contributed by atoms with Crippen LogP contribution < -0.4 is 5.73 Å². The zero-order valence-electron chi connectivity index (χ0n) is 12.8. The summed E-state index contributed by atoms with van der Waals surface area (Å²) in [4.78, 5) is 2.44. The topological polar surface area (TPSA) is 49.5 Å². The number of nitrogens with two attached hydrogens (primary N) is 1. The summed E-state index contributed by atoms with van der Waals surface area (Å²) in [6, 6.07) is 8.22. The molecule has 0 bridgehead atoms. The van der Waals surface area contributed by atoms with Gasteiger partial charge in [0.2, 0.25) is 0 Å². The van der Waals surface area contributed by atoms with Gasteiger partial charge in [0.15, 0.2) is 0 Å². The van der Waals surface area contributed by atoms with Gasteiger partial charge in [-0.2, -0.15) is 0 Å². The molecule has 20 heavy (non-hydrogen) atoms. The fourth-order valence-electron chi connectivity index (χ4n) is 3.51. The van der Waals surface area contributed by atoms with Gasteiger partial charge in [-0.15, -0.1) is 0 Å². The molecule has 0 heterocycles. The lowest BCUT2D eigenvalue weighted by molar-refractivity contribution is 0.0554. The molecule has 1 aromatic carbocycles. The summed E-state index contributed by atoms with van der Waals surface area (Å²) in [5.41, 5.74) is 8.54. The van der Waals surface area contributed by atoms with Crippen molar-refractivity contribution in [3.8, 4) is 0 Å². The first-order chi connectivity index (χ1) is 9.59. The third-order valence-electron chi connectivity index (χ3n) is 4.88. The Labute approximate surface area is 122 Å². The van der Waals surface area contributed by atoms with Gasteiger partial charge in [-0.3, -0.25) is 4.90 Å². The Morgan fingerprint density at radius 2 is 1.95 bits per heavy atom. The SMILES string of the molecule is CC1CCCC(CN)(N(C)Cc2ccc(CO)cc2)C1. The molecule has 1 aliphatic carbocycles. The van der Waals surface area contributed by atoms with E-state index in [0.29, 0.717) is 0 Å². The first kappa shape index (κ1) is 15.5. The fourth-order valence-corrected chi connectivity index (χ4v) is 3.51. The lowest BCUT2D eigenvalue weighted by Crippen LogP contribution is -2.54. The Hall–Kier alpha value is -0.900.